The average Bonchev–Trinajstić information content (AvgIpc) is 3.14. The van der Waals surface area contributed by atoms with Gasteiger partial charge in [-0.15, -0.1) is 0 Å². The molecule has 7 nitrogen and oxygen atoms in total. The first-order valence-electron chi connectivity index (χ1n) is 9.21. The van der Waals surface area contributed by atoms with Crippen LogP contribution in [-0.4, -0.2) is 46.6 Å². The summed E-state index contributed by atoms with van der Waals surface area (Å²) in [5.74, 6) is -0.00853. The molecule has 1 saturated carbocycles. The summed E-state index contributed by atoms with van der Waals surface area (Å²) in [6.45, 7) is 1.75. The first-order valence-corrected chi connectivity index (χ1v) is 10.7. The van der Waals surface area contributed by atoms with Crippen molar-refractivity contribution in [1.82, 2.24) is 15.4 Å². The van der Waals surface area contributed by atoms with Gasteiger partial charge in [0, 0.05) is 17.6 Å². The predicted molar refractivity (Wildman–Crippen MR) is 98.9 cm³/mol. The van der Waals surface area contributed by atoms with Crippen LogP contribution in [0.3, 0.4) is 0 Å². The average molecular weight is 381 g/mol. The molecule has 2 aliphatic rings. The number of methoxy groups -OCH3 is 1. The molecule has 1 amide bonds. The molecule has 26 heavy (non-hydrogen) atoms. The van der Waals surface area contributed by atoms with Gasteiger partial charge in [0.25, 0.3) is 5.91 Å². The zero-order valence-electron chi connectivity index (χ0n) is 15.1. The number of sulfonamides is 1. The molecule has 0 atom stereocenters. The number of carbonyl (C=O) groups excluding carboxylic acids is 1. The molecule has 3 rings (SSSR count). The van der Waals surface area contributed by atoms with Gasteiger partial charge in [-0.25, -0.2) is 13.1 Å². The second kappa shape index (κ2) is 8.37. The smallest absolute Gasteiger partial charge is 0.251 e. The van der Waals surface area contributed by atoms with E-state index in [0.29, 0.717) is 5.56 Å². The van der Waals surface area contributed by atoms with Crippen LogP contribution in [0, 0.1) is 0 Å². The molecule has 1 aliphatic carbocycles. The third kappa shape index (κ3) is 4.55. The molecule has 144 valence electrons. The van der Waals surface area contributed by atoms with Crippen molar-refractivity contribution in [2.45, 2.75) is 55.5 Å². The van der Waals surface area contributed by atoms with Gasteiger partial charge in [-0.3, -0.25) is 4.79 Å². The molecular formula is C18H27N3O4S. The van der Waals surface area contributed by atoms with Crippen molar-refractivity contribution < 1.29 is 17.9 Å². The fraction of sp³-hybridized carbons (Fsp3) is 0.611. The topological polar surface area (TPSA) is 96.5 Å². The molecule has 3 N–H and O–H groups in total. The predicted octanol–water partition coefficient (Wildman–Crippen LogP) is 1.40. The fourth-order valence-corrected chi connectivity index (χ4v) is 5.09. The number of carbonyl (C=O) groups is 1. The summed E-state index contributed by atoms with van der Waals surface area (Å²) in [4.78, 5) is 12.6. The second-order valence-electron chi connectivity index (χ2n) is 6.97. The SMILES string of the molecule is COc1ccc(C(=O)NC2CCNCC2)cc1S(=O)(=O)NC1CCCC1. The summed E-state index contributed by atoms with van der Waals surface area (Å²) in [7, 11) is -2.31. The van der Waals surface area contributed by atoms with Crippen LogP contribution in [0.15, 0.2) is 23.1 Å². The first-order chi connectivity index (χ1) is 12.5. The van der Waals surface area contributed by atoms with E-state index >= 15 is 0 Å². The Morgan fingerprint density at radius 1 is 1.12 bits per heavy atom. The molecule has 0 unspecified atom stereocenters. The van der Waals surface area contributed by atoms with Crippen molar-refractivity contribution in [3.8, 4) is 5.75 Å². The first kappa shape index (κ1) is 19.1. The molecule has 1 heterocycles. The molecule has 8 heteroatoms. The highest BCUT2D eigenvalue weighted by atomic mass is 32.2. The Kier molecular flexibility index (Phi) is 6.16. The number of amides is 1. The largest absolute Gasteiger partial charge is 0.495 e. The van der Waals surface area contributed by atoms with E-state index < -0.39 is 10.0 Å². The van der Waals surface area contributed by atoms with Gasteiger partial charge >= 0.3 is 0 Å². The minimum absolute atomic E-state index is 0.0184. The van der Waals surface area contributed by atoms with Crippen molar-refractivity contribution in [3.05, 3.63) is 23.8 Å². The van der Waals surface area contributed by atoms with Gasteiger partial charge < -0.3 is 15.4 Å². The van der Waals surface area contributed by atoms with Gasteiger partial charge in [0.2, 0.25) is 10.0 Å². The normalized spacial score (nSPS) is 19.4. The minimum Gasteiger partial charge on any atom is -0.495 e. The second-order valence-corrected chi connectivity index (χ2v) is 8.65. The van der Waals surface area contributed by atoms with Crippen LogP contribution in [-0.2, 0) is 10.0 Å². The van der Waals surface area contributed by atoms with Crippen molar-refractivity contribution >= 4 is 15.9 Å². The van der Waals surface area contributed by atoms with Gasteiger partial charge in [0.15, 0.2) is 0 Å². The summed E-state index contributed by atoms with van der Waals surface area (Å²) in [5, 5.41) is 6.24. The molecule has 2 fully saturated rings. The van der Waals surface area contributed by atoms with Crippen molar-refractivity contribution in [2.75, 3.05) is 20.2 Å². The lowest BCUT2D eigenvalue weighted by molar-refractivity contribution is 0.0929. The molecule has 1 aromatic rings. The van der Waals surface area contributed by atoms with Crippen molar-refractivity contribution in [3.63, 3.8) is 0 Å². The Morgan fingerprint density at radius 2 is 1.81 bits per heavy atom. The lowest BCUT2D eigenvalue weighted by Gasteiger charge is -2.24. The Morgan fingerprint density at radius 3 is 2.46 bits per heavy atom. The van der Waals surface area contributed by atoms with Crippen LogP contribution in [0.2, 0.25) is 0 Å². The van der Waals surface area contributed by atoms with E-state index in [9.17, 15) is 13.2 Å². The highest BCUT2D eigenvalue weighted by molar-refractivity contribution is 7.89. The van der Waals surface area contributed by atoms with Gasteiger partial charge in [-0.2, -0.15) is 0 Å². The number of piperidine rings is 1. The molecule has 1 saturated heterocycles. The van der Waals surface area contributed by atoms with Crippen LogP contribution in [0.5, 0.6) is 5.75 Å². The lowest BCUT2D eigenvalue weighted by atomic mass is 10.1. The number of ether oxygens (including phenoxy) is 1. The van der Waals surface area contributed by atoms with Crippen LogP contribution in [0.1, 0.15) is 48.9 Å². The molecule has 0 radical (unpaired) electrons. The molecular weight excluding hydrogens is 354 g/mol. The van der Waals surface area contributed by atoms with E-state index in [1.54, 1.807) is 12.1 Å². The number of nitrogens with one attached hydrogen (secondary N) is 3. The van der Waals surface area contributed by atoms with Gasteiger partial charge in [0.05, 0.1) is 7.11 Å². The fourth-order valence-electron chi connectivity index (χ4n) is 3.59. The monoisotopic (exact) mass is 381 g/mol. The van der Waals surface area contributed by atoms with Crippen LogP contribution in [0.25, 0.3) is 0 Å². The summed E-state index contributed by atoms with van der Waals surface area (Å²) >= 11 is 0. The van der Waals surface area contributed by atoms with Gasteiger partial charge in [0.1, 0.15) is 10.6 Å². The third-order valence-corrected chi connectivity index (χ3v) is 6.61. The molecule has 0 bridgehead atoms. The van der Waals surface area contributed by atoms with E-state index in [-0.39, 0.29) is 28.6 Å². The summed E-state index contributed by atoms with van der Waals surface area (Å²) < 4.78 is 33.6. The Balaban J connectivity index is 1.80. The number of hydrogen-bond acceptors (Lipinski definition) is 5. The van der Waals surface area contributed by atoms with Crippen molar-refractivity contribution in [2.24, 2.45) is 0 Å². The van der Waals surface area contributed by atoms with E-state index in [4.69, 9.17) is 4.74 Å². The third-order valence-electron chi connectivity index (χ3n) is 5.07. The Bertz CT molecular complexity index is 739. The highest BCUT2D eigenvalue weighted by Crippen LogP contribution is 2.27. The summed E-state index contributed by atoms with van der Waals surface area (Å²) in [5.41, 5.74) is 0.330. The summed E-state index contributed by atoms with van der Waals surface area (Å²) in [6.07, 6.45) is 5.49. The van der Waals surface area contributed by atoms with Gasteiger partial charge in [-0.05, 0) is 57.0 Å². The molecule has 0 aromatic heterocycles. The molecule has 1 aromatic carbocycles. The molecule has 0 spiro atoms. The number of hydrogen-bond donors (Lipinski definition) is 3. The zero-order valence-corrected chi connectivity index (χ0v) is 15.9. The van der Waals surface area contributed by atoms with Crippen LogP contribution >= 0.6 is 0 Å². The van der Waals surface area contributed by atoms with Crippen LogP contribution < -0.4 is 20.1 Å². The Hall–Kier alpha value is -1.64. The van der Waals surface area contributed by atoms with E-state index in [1.165, 1.54) is 13.2 Å². The number of rotatable bonds is 6. The number of benzene rings is 1. The standard InChI is InChI=1S/C18H27N3O4S/c1-25-16-7-6-13(18(22)20-14-8-10-19-11-9-14)12-17(16)26(23,24)21-15-4-2-3-5-15/h6-7,12,14-15,19,21H,2-5,8-11H2,1H3,(H,20,22). The zero-order chi connectivity index (χ0) is 18.6. The van der Waals surface area contributed by atoms with Gasteiger partial charge in [-0.1, -0.05) is 12.8 Å². The van der Waals surface area contributed by atoms with Crippen LogP contribution in [0.4, 0.5) is 0 Å². The Labute approximate surface area is 154 Å². The summed E-state index contributed by atoms with van der Waals surface area (Å²) in [6, 6.07) is 4.62. The maximum absolute atomic E-state index is 12.8. The molecule has 1 aliphatic heterocycles. The van der Waals surface area contributed by atoms with E-state index in [0.717, 1.165) is 51.6 Å². The van der Waals surface area contributed by atoms with Crippen molar-refractivity contribution in [1.29, 1.82) is 0 Å². The lowest BCUT2D eigenvalue weighted by Crippen LogP contribution is -2.42. The maximum Gasteiger partial charge on any atom is 0.251 e. The van der Waals surface area contributed by atoms with E-state index in [1.807, 2.05) is 0 Å². The van der Waals surface area contributed by atoms with E-state index in [2.05, 4.69) is 15.4 Å². The quantitative estimate of drug-likeness (QED) is 0.692. The minimum atomic E-state index is -3.74. The highest BCUT2D eigenvalue weighted by Gasteiger charge is 2.27. The maximum atomic E-state index is 12.8.